The van der Waals surface area contributed by atoms with Gasteiger partial charge in [0.1, 0.15) is 5.75 Å². The number of anilines is 1. The molecule has 1 heterocycles. The molecule has 3 rings (SSSR count). The Balaban J connectivity index is 2.15. The highest BCUT2D eigenvalue weighted by Gasteiger charge is 2.28. The van der Waals surface area contributed by atoms with Crippen molar-refractivity contribution in [3.8, 4) is 5.75 Å². The fourth-order valence-corrected chi connectivity index (χ4v) is 4.50. The molecule has 0 aliphatic carbocycles. The van der Waals surface area contributed by atoms with Crippen molar-refractivity contribution >= 4 is 29.4 Å². The number of thioether (sulfide) groups is 1. The van der Waals surface area contributed by atoms with Gasteiger partial charge < -0.3 is 10.0 Å². The molecule has 28 heavy (non-hydrogen) atoms. The van der Waals surface area contributed by atoms with Crippen LogP contribution in [0.1, 0.15) is 58.2 Å². The molecular formula is C24H29NO2S. The molecule has 1 aliphatic rings. The number of fused-ring (bicyclic) bond motifs is 1. The van der Waals surface area contributed by atoms with Crippen LogP contribution >= 0.6 is 11.8 Å². The number of hydrogen-bond acceptors (Lipinski definition) is 3. The highest BCUT2D eigenvalue weighted by molar-refractivity contribution is 8.04. The molecule has 0 fully saturated rings. The number of rotatable bonds is 1. The Kier molecular flexibility index (Phi) is 5.13. The van der Waals surface area contributed by atoms with Gasteiger partial charge in [-0.2, -0.15) is 0 Å². The Bertz CT molecular complexity index is 926. The van der Waals surface area contributed by atoms with E-state index in [4.69, 9.17) is 0 Å². The smallest absolute Gasteiger partial charge is 0.264 e. The van der Waals surface area contributed by atoms with Crippen molar-refractivity contribution in [2.45, 2.75) is 57.3 Å². The van der Waals surface area contributed by atoms with Gasteiger partial charge in [0.05, 0.1) is 10.6 Å². The van der Waals surface area contributed by atoms with Crippen LogP contribution in [-0.2, 0) is 15.6 Å². The van der Waals surface area contributed by atoms with Crippen molar-refractivity contribution in [2.75, 3.05) is 11.9 Å². The summed E-state index contributed by atoms with van der Waals surface area (Å²) in [6, 6.07) is 12.0. The zero-order chi connectivity index (χ0) is 20.9. The van der Waals surface area contributed by atoms with E-state index in [1.54, 1.807) is 4.90 Å². The first-order chi connectivity index (χ1) is 12.9. The van der Waals surface area contributed by atoms with Gasteiger partial charge in [0.2, 0.25) is 0 Å². The molecule has 1 N–H and O–H groups in total. The van der Waals surface area contributed by atoms with Crippen molar-refractivity contribution < 1.29 is 9.90 Å². The molecule has 0 saturated heterocycles. The summed E-state index contributed by atoms with van der Waals surface area (Å²) in [7, 11) is 1.81. The molecule has 1 amide bonds. The minimum Gasteiger partial charge on any atom is -0.507 e. The molecule has 0 radical (unpaired) electrons. The van der Waals surface area contributed by atoms with E-state index in [1.807, 2.05) is 49.5 Å². The van der Waals surface area contributed by atoms with Crippen LogP contribution in [-0.4, -0.2) is 18.1 Å². The summed E-state index contributed by atoms with van der Waals surface area (Å²) in [5, 5.41) is 10.9. The molecule has 0 bridgehead atoms. The molecule has 0 unspecified atom stereocenters. The fourth-order valence-electron chi connectivity index (χ4n) is 3.38. The van der Waals surface area contributed by atoms with Crippen molar-refractivity contribution in [2.24, 2.45) is 0 Å². The van der Waals surface area contributed by atoms with Crippen LogP contribution in [0, 0.1) is 0 Å². The maximum absolute atomic E-state index is 12.9. The number of benzene rings is 2. The van der Waals surface area contributed by atoms with E-state index in [1.165, 1.54) is 11.8 Å². The molecule has 2 aromatic carbocycles. The lowest BCUT2D eigenvalue weighted by atomic mass is 9.78. The van der Waals surface area contributed by atoms with Crippen LogP contribution in [0.15, 0.2) is 46.2 Å². The third-order valence-corrected chi connectivity index (χ3v) is 6.09. The fraction of sp³-hybridized carbons (Fsp3) is 0.375. The minimum atomic E-state index is -0.203. The first kappa shape index (κ1) is 20.5. The van der Waals surface area contributed by atoms with E-state index >= 15 is 0 Å². The summed E-state index contributed by atoms with van der Waals surface area (Å²) in [5.74, 6) is 0.346. The second kappa shape index (κ2) is 7.00. The number of carbonyl (C=O) groups is 1. The standard InChI is InChI=1S/C24H29NO2S/c1-23(2,3)16-12-15(13-17(21(16)26)24(4,5)6)14-20-22(27)25(7)18-10-8-9-11-19(18)28-20/h8-14,26H,1-7H3. The summed E-state index contributed by atoms with van der Waals surface area (Å²) >= 11 is 1.50. The Hall–Kier alpha value is -2.20. The molecule has 148 valence electrons. The van der Waals surface area contributed by atoms with E-state index in [0.717, 1.165) is 27.3 Å². The predicted octanol–water partition coefficient (Wildman–Crippen LogP) is 6.10. The highest BCUT2D eigenvalue weighted by Crippen LogP contribution is 2.43. The maximum atomic E-state index is 12.9. The van der Waals surface area contributed by atoms with Crippen molar-refractivity contribution in [1.82, 2.24) is 0 Å². The van der Waals surface area contributed by atoms with Gasteiger partial charge >= 0.3 is 0 Å². The molecule has 3 nitrogen and oxygen atoms in total. The Morgan fingerprint density at radius 3 is 2.04 bits per heavy atom. The number of aromatic hydroxyl groups is 1. The van der Waals surface area contributed by atoms with Gasteiger partial charge in [-0.25, -0.2) is 0 Å². The van der Waals surface area contributed by atoms with E-state index in [2.05, 4.69) is 41.5 Å². The van der Waals surface area contributed by atoms with Crippen molar-refractivity contribution in [3.63, 3.8) is 0 Å². The third kappa shape index (κ3) is 3.83. The second-order valence-corrected chi connectivity index (χ2v) is 10.5. The summed E-state index contributed by atoms with van der Waals surface area (Å²) in [6.07, 6.45) is 1.95. The number of nitrogens with zero attached hydrogens (tertiary/aromatic N) is 1. The van der Waals surface area contributed by atoms with Gasteiger partial charge in [0.15, 0.2) is 0 Å². The number of likely N-dealkylation sites (N-methyl/N-ethyl adjacent to an activating group) is 1. The molecule has 0 aromatic heterocycles. The number of para-hydroxylation sites is 1. The largest absolute Gasteiger partial charge is 0.507 e. The lowest BCUT2D eigenvalue weighted by molar-refractivity contribution is -0.114. The normalized spacial score (nSPS) is 16.5. The number of amides is 1. The summed E-state index contributed by atoms with van der Waals surface area (Å²) in [6.45, 7) is 12.6. The van der Waals surface area contributed by atoms with Crippen LogP contribution in [0.4, 0.5) is 5.69 Å². The molecule has 1 aliphatic heterocycles. The molecule has 0 atom stereocenters. The van der Waals surface area contributed by atoms with Gasteiger partial charge in [-0.15, -0.1) is 0 Å². The number of phenolic OH excluding ortho intramolecular Hbond substituents is 1. The Morgan fingerprint density at radius 1 is 0.964 bits per heavy atom. The molecule has 4 heteroatoms. The van der Waals surface area contributed by atoms with E-state index in [-0.39, 0.29) is 16.7 Å². The van der Waals surface area contributed by atoms with E-state index in [9.17, 15) is 9.90 Å². The molecule has 0 spiro atoms. The highest BCUT2D eigenvalue weighted by atomic mass is 32.2. The van der Waals surface area contributed by atoms with Gasteiger partial charge in [0.25, 0.3) is 5.91 Å². The minimum absolute atomic E-state index is 0.00797. The van der Waals surface area contributed by atoms with E-state index in [0.29, 0.717) is 10.7 Å². The summed E-state index contributed by atoms with van der Waals surface area (Å²) in [4.78, 5) is 16.4. The Labute approximate surface area is 172 Å². The zero-order valence-electron chi connectivity index (χ0n) is 17.8. The quantitative estimate of drug-likeness (QED) is 0.593. The van der Waals surface area contributed by atoms with Gasteiger partial charge in [-0.3, -0.25) is 4.79 Å². The van der Waals surface area contributed by atoms with Gasteiger partial charge in [-0.1, -0.05) is 65.4 Å². The Morgan fingerprint density at radius 2 is 1.50 bits per heavy atom. The molecule has 0 saturated carbocycles. The number of carbonyl (C=O) groups excluding carboxylic acids is 1. The van der Waals surface area contributed by atoms with Crippen LogP contribution in [0.25, 0.3) is 6.08 Å². The monoisotopic (exact) mass is 395 g/mol. The molecule has 2 aromatic rings. The van der Waals surface area contributed by atoms with Crippen LogP contribution in [0.5, 0.6) is 5.75 Å². The average Bonchev–Trinajstić information content (AvgIpc) is 2.58. The van der Waals surface area contributed by atoms with Gasteiger partial charge in [0, 0.05) is 23.1 Å². The zero-order valence-corrected chi connectivity index (χ0v) is 18.6. The van der Waals surface area contributed by atoms with Crippen LogP contribution in [0.3, 0.4) is 0 Å². The van der Waals surface area contributed by atoms with E-state index < -0.39 is 0 Å². The summed E-state index contributed by atoms with van der Waals surface area (Å²) in [5.41, 5.74) is 3.27. The van der Waals surface area contributed by atoms with Crippen molar-refractivity contribution in [3.05, 3.63) is 58.0 Å². The van der Waals surface area contributed by atoms with Crippen LogP contribution in [0.2, 0.25) is 0 Å². The second-order valence-electron chi connectivity index (χ2n) is 9.41. The average molecular weight is 396 g/mol. The first-order valence-corrected chi connectivity index (χ1v) is 10.4. The lowest BCUT2D eigenvalue weighted by Gasteiger charge is -2.29. The topological polar surface area (TPSA) is 40.5 Å². The predicted molar refractivity (Wildman–Crippen MR) is 119 cm³/mol. The van der Waals surface area contributed by atoms with Gasteiger partial charge in [-0.05, 0) is 46.7 Å². The summed E-state index contributed by atoms with van der Waals surface area (Å²) < 4.78 is 0. The number of phenols is 1. The van der Waals surface area contributed by atoms with Crippen molar-refractivity contribution in [1.29, 1.82) is 0 Å². The lowest BCUT2D eigenvalue weighted by Crippen LogP contribution is -2.30. The number of hydrogen-bond donors (Lipinski definition) is 1. The maximum Gasteiger partial charge on any atom is 0.264 e. The molecular weight excluding hydrogens is 366 g/mol. The third-order valence-electron chi connectivity index (χ3n) is 5.01. The SMILES string of the molecule is CN1C(=O)C(=Cc2cc(C(C)(C)C)c(O)c(C(C)(C)C)c2)Sc2ccccc21. The van der Waals surface area contributed by atoms with Crippen LogP contribution < -0.4 is 4.90 Å². The first-order valence-electron chi connectivity index (χ1n) is 9.54.